The van der Waals surface area contributed by atoms with Gasteiger partial charge in [-0.05, 0) is 56.8 Å². The normalized spacial score (nSPS) is 16.2. The molecule has 0 saturated heterocycles. The predicted octanol–water partition coefficient (Wildman–Crippen LogP) is 2.48. The van der Waals surface area contributed by atoms with Crippen LogP contribution >= 0.6 is 0 Å². The van der Waals surface area contributed by atoms with Crippen molar-refractivity contribution >= 4 is 5.91 Å². The summed E-state index contributed by atoms with van der Waals surface area (Å²) in [6.45, 7) is 4.77. The van der Waals surface area contributed by atoms with Crippen LogP contribution in [0.1, 0.15) is 30.9 Å². The molecule has 0 heterocycles. The Balaban J connectivity index is 1.78. The van der Waals surface area contributed by atoms with Gasteiger partial charge in [-0.15, -0.1) is 0 Å². The van der Waals surface area contributed by atoms with E-state index in [0.29, 0.717) is 24.7 Å². The number of carbonyl (C=O) groups excluding carboxylic acids is 1. The number of amides is 1. The van der Waals surface area contributed by atoms with Crippen LogP contribution in [0.4, 0.5) is 4.39 Å². The summed E-state index contributed by atoms with van der Waals surface area (Å²) >= 11 is 0. The number of aryl methyl sites for hydroxylation is 1. The van der Waals surface area contributed by atoms with Gasteiger partial charge < -0.3 is 5.32 Å². The molecule has 1 amide bonds. The molecule has 1 fully saturated rings. The maximum Gasteiger partial charge on any atom is 0.234 e. The van der Waals surface area contributed by atoms with E-state index in [1.54, 1.807) is 19.1 Å². The quantitative estimate of drug-likeness (QED) is 0.867. The second-order valence-electron chi connectivity index (χ2n) is 5.85. The molecule has 1 unspecified atom stereocenters. The summed E-state index contributed by atoms with van der Waals surface area (Å²) in [6, 6.07) is 5.39. The van der Waals surface area contributed by atoms with Crippen molar-refractivity contribution in [3.63, 3.8) is 0 Å². The Hall–Kier alpha value is -1.42. The third kappa shape index (κ3) is 4.04. The van der Waals surface area contributed by atoms with Gasteiger partial charge in [0.15, 0.2) is 0 Å². The Morgan fingerprint density at radius 2 is 2.20 bits per heavy atom. The first-order chi connectivity index (χ1) is 9.47. The highest BCUT2D eigenvalue weighted by molar-refractivity contribution is 5.78. The SMILES string of the molecule is Cc1cc(CNC(=O)CN(C)C(C)C2CC2)ccc1F. The van der Waals surface area contributed by atoms with Crippen LogP contribution in [0.25, 0.3) is 0 Å². The highest BCUT2D eigenvalue weighted by atomic mass is 19.1. The van der Waals surface area contributed by atoms with E-state index in [-0.39, 0.29) is 11.7 Å². The van der Waals surface area contributed by atoms with E-state index in [2.05, 4.69) is 17.1 Å². The third-order valence-corrected chi connectivity index (χ3v) is 4.10. The molecule has 1 aromatic carbocycles. The summed E-state index contributed by atoms with van der Waals surface area (Å²) in [5.41, 5.74) is 1.53. The fourth-order valence-corrected chi connectivity index (χ4v) is 2.38. The molecule has 0 spiro atoms. The molecule has 1 aromatic rings. The molecule has 1 atom stereocenters. The molecule has 0 radical (unpaired) electrons. The van der Waals surface area contributed by atoms with Crippen LogP contribution in [0, 0.1) is 18.7 Å². The minimum Gasteiger partial charge on any atom is -0.351 e. The first-order valence-corrected chi connectivity index (χ1v) is 7.19. The second kappa shape index (κ2) is 6.35. The number of nitrogens with one attached hydrogen (secondary N) is 1. The first kappa shape index (κ1) is 15.0. The van der Waals surface area contributed by atoms with Crippen LogP contribution in [0.2, 0.25) is 0 Å². The average Bonchev–Trinajstić information content (AvgIpc) is 3.23. The van der Waals surface area contributed by atoms with Crippen molar-refractivity contribution in [1.82, 2.24) is 10.2 Å². The molecular formula is C16H23FN2O. The lowest BCUT2D eigenvalue weighted by atomic mass is 10.1. The van der Waals surface area contributed by atoms with Crippen molar-refractivity contribution in [2.45, 2.75) is 39.3 Å². The van der Waals surface area contributed by atoms with Gasteiger partial charge in [0.1, 0.15) is 5.82 Å². The lowest BCUT2D eigenvalue weighted by Gasteiger charge is -2.23. The zero-order valence-electron chi connectivity index (χ0n) is 12.4. The fraction of sp³-hybridized carbons (Fsp3) is 0.562. The number of rotatable bonds is 6. The molecule has 0 aromatic heterocycles. The van der Waals surface area contributed by atoms with Crippen molar-refractivity contribution in [1.29, 1.82) is 0 Å². The van der Waals surface area contributed by atoms with E-state index in [1.807, 2.05) is 7.05 Å². The molecule has 1 aliphatic rings. The number of hydrogen-bond acceptors (Lipinski definition) is 2. The minimum absolute atomic E-state index is 0.0157. The van der Waals surface area contributed by atoms with E-state index >= 15 is 0 Å². The maximum absolute atomic E-state index is 13.1. The monoisotopic (exact) mass is 278 g/mol. The minimum atomic E-state index is -0.210. The van der Waals surface area contributed by atoms with Crippen molar-refractivity contribution < 1.29 is 9.18 Å². The summed E-state index contributed by atoms with van der Waals surface area (Å²) < 4.78 is 13.1. The van der Waals surface area contributed by atoms with Crippen LogP contribution in [-0.4, -0.2) is 30.4 Å². The van der Waals surface area contributed by atoms with Crippen molar-refractivity contribution in [2.75, 3.05) is 13.6 Å². The molecule has 20 heavy (non-hydrogen) atoms. The number of halogens is 1. The van der Waals surface area contributed by atoms with Gasteiger partial charge in [-0.25, -0.2) is 4.39 Å². The van der Waals surface area contributed by atoms with Crippen LogP contribution < -0.4 is 5.32 Å². The zero-order chi connectivity index (χ0) is 14.7. The molecule has 2 rings (SSSR count). The molecule has 1 saturated carbocycles. The molecule has 110 valence electrons. The Morgan fingerprint density at radius 3 is 2.80 bits per heavy atom. The molecule has 3 nitrogen and oxygen atoms in total. The largest absolute Gasteiger partial charge is 0.351 e. The number of nitrogens with zero attached hydrogens (tertiary/aromatic N) is 1. The van der Waals surface area contributed by atoms with Gasteiger partial charge >= 0.3 is 0 Å². The highest BCUT2D eigenvalue weighted by Gasteiger charge is 2.30. The highest BCUT2D eigenvalue weighted by Crippen LogP contribution is 2.34. The van der Waals surface area contributed by atoms with Crippen LogP contribution in [0.5, 0.6) is 0 Å². The number of carbonyl (C=O) groups is 1. The summed E-state index contributed by atoms with van der Waals surface area (Å²) in [7, 11) is 1.99. The topological polar surface area (TPSA) is 32.3 Å². The molecule has 0 bridgehead atoms. The van der Waals surface area contributed by atoms with Gasteiger partial charge in [0.25, 0.3) is 0 Å². The summed E-state index contributed by atoms with van der Waals surface area (Å²) in [5.74, 6) is 0.563. The predicted molar refractivity (Wildman–Crippen MR) is 77.8 cm³/mol. The van der Waals surface area contributed by atoms with Gasteiger partial charge in [0.2, 0.25) is 5.91 Å². The summed E-state index contributed by atoms with van der Waals surface area (Å²) in [6.07, 6.45) is 2.56. The van der Waals surface area contributed by atoms with E-state index in [4.69, 9.17) is 0 Å². The molecule has 1 aliphatic carbocycles. The number of hydrogen-bond donors (Lipinski definition) is 1. The fourth-order valence-electron chi connectivity index (χ4n) is 2.38. The Labute approximate surface area is 120 Å². The first-order valence-electron chi connectivity index (χ1n) is 7.19. The Morgan fingerprint density at radius 1 is 1.50 bits per heavy atom. The van der Waals surface area contributed by atoms with Crippen LogP contribution in [-0.2, 0) is 11.3 Å². The number of likely N-dealkylation sites (N-methyl/N-ethyl adjacent to an activating group) is 1. The average molecular weight is 278 g/mol. The Bertz CT molecular complexity index is 485. The van der Waals surface area contributed by atoms with E-state index in [0.717, 1.165) is 11.5 Å². The summed E-state index contributed by atoms with van der Waals surface area (Å²) in [5, 5.41) is 2.89. The number of benzene rings is 1. The lowest BCUT2D eigenvalue weighted by molar-refractivity contribution is -0.122. The van der Waals surface area contributed by atoms with Crippen molar-refractivity contribution in [2.24, 2.45) is 5.92 Å². The van der Waals surface area contributed by atoms with Crippen molar-refractivity contribution in [3.8, 4) is 0 Å². The molecular weight excluding hydrogens is 255 g/mol. The maximum atomic E-state index is 13.1. The molecule has 0 aliphatic heterocycles. The van der Waals surface area contributed by atoms with Gasteiger partial charge in [0, 0.05) is 12.6 Å². The van der Waals surface area contributed by atoms with Gasteiger partial charge in [-0.2, -0.15) is 0 Å². The lowest BCUT2D eigenvalue weighted by Crippen LogP contribution is -2.40. The molecule has 4 heteroatoms. The Kier molecular flexibility index (Phi) is 4.76. The summed E-state index contributed by atoms with van der Waals surface area (Å²) in [4.78, 5) is 14.0. The zero-order valence-corrected chi connectivity index (χ0v) is 12.4. The second-order valence-corrected chi connectivity index (χ2v) is 5.85. The molecule has 1 N–H and O–H groups in total. The van der Waals surface area contributed by atoms with Gasteiger partial charge in [-0.3, -0.25) is 9.69 Å². The standard InChI is InChI=1S/C16H23FN2O/c1-11-8-13(4-7-15(11)17)9-18-16(20)10-19(3)12(2)14-5-6-14/h4,7-8,12,14H,5-6,9-10H2,1-3H3,(H,18,20). The van der Waals surface area contributed by atoms with Crippen LogP contribution in [0.15, 0.2) is 18.2 Å². The third-order valence-electron chi connectivity index (χ3n) is 4.10. The van der Waals surface area contributed by atoms with Gasteiger partial charge in [-0.1, -0.05) is 12.1 Å². The van der Waals surface area contributed by atoms with Crippen molar-refractivity contribution in [3.05, 3.63) is 35.1 Å². The van der Waals surface area contributed by atoms with E-state index in [1.165, 1.54) is 18.9 Å². The van der Waals surface area contributed by atoms with E-state index in [9.17, 15) is 9.18 Å². The van der Waals surface area contributed by atoms with Crippen LogP contribution in [0.3, 0.4) is 0 Å². The van der Waals surface area contributed by atoms with Gasteiger partial charge in [0.05, 0.1) is 6.54 Å². The smallest absolute Gasteiger partial charge is 0.234 e. The van der Waals surface area contributed by atoms with E-state index < -0.39 is 0 Å².